The van der Waals surface area contributed by atoms with Crippen molar-refractivity contribution in [2.24, 2.45) is 5.73 Å². The van der Waals surface area contributed by atoms with Crippen molar-refractivity contribution in [1.29, 1.82) is 0 Å². The molecule has 0 saturated heterocycles. The van der Waals surface area contributed by atoms with E-state index in [4.69, 9.17) is 5.73 Å². The predicted molar refractivity (Wildman–Crippen MR) is 68.3 cm³/mol. The molecule has 1 aromatic carbocycles. The predicted octanol–water partition coefficient (Wildman–Crippen LogP) is 2.37. The van der Waals surface area contributed by atoms with Crippen molar-refractivity contribution in [3.63, 3.8) is 0 Å². The summed E-state index contributed by atoms with van der Waals surface area (Å²) in [6, 6.07) is 4.66. The van der Waals surface area contributed by atoms with Crippen LogP contribution in [-0.4, -0.2) is 18.6 Å². The first-order chi connectivity index (χ1) is 8.66. The SMILES string of the molecule is NC1CCCCC1NCCc1ccc(F)c(F)c1. The number of halogens is 2. The molecule has 18 heavy (non-hydrogen) atoms. The minimum absolute atomic E-state index is 0.226. The van der Waals surface area contributed by atoms with Gasteiger partial charge in [-0.1, -0.05) is 18.9 Å². The molecule has 0 spiro atoms. The molecule has 2 rings (SSSR count). The summed E-state index contributed by atoms with van der Waals surface area (Å²) < 4.78 is 25.8. The molecule has 0 aliphatic heterocycles. The van der Waals surface area contributed by atoms with Crippen molar-refractivity contribution >= 4 is 0 Å². The van der Waals surface area contributed by atoms with Crippen LogP contribution in [0.5, 0.6) is 0 Å². The third-order valence-electron chi connectivity index (χ3n) is 3.62. The number of hydrogen-bond acceptors (Lipinski definition) is 2. The lowest BCUT2D eigenvalue weighted by Gasteiger charge is -2.29. The smallest absolute Gasteiger partial charge is 0.159 e. The molecule has 3 N–H and O–H groups in total. The van der Waals surface area contributed by atoms with Gasteiger partial charge >= 0.3 is 0 Å². The summed E-state index contributed by atoms with van der Waals surface area (Å²) in [6.45, 7) is 0.753. The van der Waals surface area contributed by atoms with Crippen molar-refractivity contribution in [3.8, 4) is 0 Å². The molecular formula is C14H20F2N2. The van der Waals surface area contributed by atoms with Crippen LogP contribution in [0.4, 0.5) is 8.78 Å². The average molecular weight is 254 g/mol. The topological polar surface area (TPSA) is 38.0 Å². The maximum Gasteiger partial charge on any atom is 0.159 e. The van der Waals surface area contributed by atoms with E-state index in [0.717, 1.165) is 24.9 Å². The second kappa shape index (κ2) is 6.25. The Kier molecular flexibility index (Phi) is 4.66. The van der Waals surface area contributed by atoms with Crippen molar-refractivity contribution in [2.75, 3.05) is 6.54 Å². The zero-order chi connectivity index (χ0) is 13.0. The second-order valence-corrected chi connectivity index (χ2v) is 5.01. The Morgan fingerprint density at radius 3 is 2.67 bits per heavy atom. The number of rotatable bonds is 4. The Labute approximate surface area is 107 Å². The third-order valence-corrected chi connectivity index (χ3v) is 3.62. The Balaban J connectivity index is 1.79. The summed E-state index contributed by atoms with van der Waals surface area (Å²) in [5.41, 5.74) is 6.84. The lowest BCUT2D eigenvalue weighted by Crippen LogP contribution is -2.47. The summed E-state index contributed by atoms with van der Waals surface area (Å²) in [4.78, 5) is 0. The van der Waals surface area contributed by atoms with Gasteiger partial charge in [0.15, 0.2) is 11.6 Å². The highest BCUT2D eigenvalue weighted by Gasteiger charge is 2.20. The van der Waals surface area contributed by atoms with E-state index in [0.29, 0.717) is 12.5 Å². The first kappa shape index (κ1) is 13.4. The van der Waals surface area contributed by atoms with Crippen LogP contribution in [0.1, 0.15) is 31.2 Å². The van der Waals surface area contributed by atoms with Gasteiger partial charge in [-0.15, -0.1) is 0 Å². The molecule has 0 bridgehead atoms. The molecule has 0 radical (unpaired) electrons. The number of benzene rings is 1. The molecule has 2 unspecified atom stereocenters. The van der Waals surface area contributed by atoms with Crippen molar-refractivity contribution in [2.45, 2.75) is 44.2 Å². The van der Waals surface area contributed by atoms with Crippen molar-refractivity contribution in [3.05, 3.63) is 35.4 Å². The summed E-state index contributed by atoms with van der Waals surface area (Å²) >= 11 is 0. The highest BCUT2D eigenvalue weighted by Crippen LogP contribution is 2.17. The Hall–Kier alpha value is -1.00. The maximum absolute atomic E-state index is 13.0. The van der Waals surface area contributed by atoms with E-state index in [-0.39, 0.29) is 6.04 Å². The largest absolute Gasteiger partial charge is 0.326 e. The van der Waals surface area contributed by atoms with E-state index in [2.05, 4.69) is 5.32 Å². The van der Waals surface area contributed by atoms with Gasteiger partial charge in [-0.05, 0) is 43.5 Å². The molecule has 1 aliphatic rings. The van der Waals surface area contributed by atoms with E-state index < -0.39 is 11.6 Å². The third kappa shape index (κ3) is 3.50. The molecule has 1 aliphatic carbocycles. The lowest BCUT2D eigenvalue weighted by atomic mass is 9.91. The van der Waals surface area contributed by atoms with Crippen LogP contribution < -0.4 is 11.1 Å². The molecule has 4 heteroatoms. The quantitative estimate of drug-likeness (QED) is 0.865. The van der Waals surface area contributed by atoms with Gasteiger partial charge in [0.1, 0.15) is 0 Å². The fourth-order valence-corrected chi connectivity index (χ4v) is 2.51. The molecule has 1 fully saturated rings. The van der Waals surface area contributed by atoms with Crippen LogP contribution in [0, 0.1) is 11.6 Å². The van der Waals surface area contributed by atoms with Crippen LogP contribution in [0.25, 0.3) is 0 Å². The van der Waals surface area contributed by atoms with E-state index in [1.54, 1.807) is 6.07 Å². The molecular weight excluding hydrogens is 234 g/mol. The van der Waals surface area contributed by atoms with E-state index in [1.165, 1.54) is 25.0 Å². The molecule has 1 aromatic rings. The van der Waals surface area contributed by atoms with Crippen LogP contribution in [-0.2, 0) is 6.42 Å². The number of nitrogens with one attached hydrogen (secondary N) is 1. The molecule has 0 aromatic heterocycles. The standard InChI is InChI=1S/C14H20F2N2/c15-11-6-5-10(9-12(11)16)7-8-18-14-4-2-1-3-13(14)17/h5-6,9,13-14,18H,1-4,7-8,17H2. The van der Waals surface area contributed by atoms with Crippen LogP contribution in [0.15, 0.2) is 18.2 Å². The summed E-state index contributed by atoms with van der Waals surface area (Å²) in [6.07, 6.45) is 5.31. The summed E-state index contributed by atoms with van der Waals surface area (Å²) in [7, 11) is 0. The van der Waals surface area contributed by atoms with Crippen molar-refractivity contribution < 1.29 is 8.78 Å². The summed E-state index contributed by atoms with van der Waals surface area (Å²) in [5.74, 6) is -1.57. The van der Waals surface area contributed by atoms with Gasteiger partial charge in [0.2, 0.25) is 0 Å². The second-order valence-electron chi connectivity index (χ2n) is 5.01. The minimum Gasteiger partial charge on any atom is -0.326 e. The van der Waals surface area contributed by atoms with Gasteiger partial charge in [-0.2, -0.15) is 0 Å². The van der Waals surface area contributed by atoms with Gasteiger partial charge in [0, 0.05) is 12.1 Å². The zero-order valence-corrected chi connectivity index (χ0v) is 10.5. The van der Waals surface area contributed by atoms with Crippen LogP contribution in [0.3, 0.4) is 0 Å². The van der Waals surface area contributed by atoms with E-state index >= 15 is 0 Å². The molecule has 2 nitrogen and oxygen atoms in total. The fourth-order valence-electron chi connectivity index (χ4n) is 2.51. The lowest BCUT2D eigenvalue weighted by molar-refractivity contribution is 0.329. The molecule has 1 saturated carbocycles. The first-order valence-corrected chi connectivity index (χ1v) is 6.59. The van der Waals surface area contributed by atoms with Gasteiger partial charge in [-0.25, -0.2) is 8.78 Å². The maximum atomic E-state index is 13.0. The number of hydrogen-bond donors (Lipinski definition) is 2. The van der Waals surface area contributed by atoms with Gasteiger partial charge in [0.05, 0.1) is 0 Å². The van der Waals surface area contributed by atoms with Crippen molar-refractivity contribution in [1.82, 2.24) is 5.32 Å². The van der Waals surface area contributed by atoms with Crippen LogP contribution >= 0.6 is 0 Å². The molecule has 2 atom stereocenters. The monoisotopic (exact) mass is 254 g/mol. The van der Waals surface area contributed by atoms with E-state index in [9.17, 15) is 8.78 Å². The zero-order valence-electron chi connectivity index (χ0n) is 10.5. The first-order valence-electron chi connectivity index (χ1n) is 6.59. The highest BCUT2D eigenvalue weighted by atomic mass is 19.2. The van der Waals surface area contributed by atoms with Gasteiger partial charge in [-0.3, -0.25) is 0 Å². The number of nitrogens with two attached hydrogens (primary N) is 1. The fraction of sp³-hybridized carbons (Fsp3) is 0.571. The Morgan fingerprint density at radius 2 is 1.94 bits per heavy atom. The summed E-state index contributed by atoms with van der Waals surface area (Å²) in [5, 5.41) is 3.41. The Bertz CT molecular complexity index is 395. The molecule has 100 valence electrons. The Morgan fingerprint density at radius 1 is 1.17 bits per heavy atom. The minimum atomic E-state index is -0.791. The van der Waals surface area contributed by atoms with Gasteiger partial charge < -0.3 is 11.1 Å². The molecule has 0 amide bonds. The normalized spacial score (nSPS) is 24.2. The average Bonchev–Trinajstić information content (AvgIpc) is 2.36. The van der Waals surface area contributed by atoms with Crippen LogP contribution in [0.2, 0.25) is 0 Å². The molecule has 0 heterocycles. The van der Waals surface area contributed by atoms with Gasteiger partial charge in [0.25, 0.3) is 0 Å². The van der Waals surface area contributed by atoms with E-state index in [1.807, 2.05) is 0 Å². The highest BCUT2D eigenvalue weighted by molar-refractivity contribution is 5.18.